The van der Waals surface area contributed by atoms with Gasteiger partial charge in [-0.25, -0.2) is 8.42 Å². The largest absolute Gasteiger partial charge is 0.495 e. The van der Waals surface area contributed by atoms with Gasteiger partial charge in [0.05, 0.1) is 13.2 Å². The van der Waals surface area contributed by atoms with Crippen LogP contribution in [0.1, 0.15) is 34.8 Å². The minimum Gasteiger partial charge on any atom is -0.495 e. The first-order valence-electron chi connectivity index (χ1n) is 10.0. The summed E-state index contributed by atoms with van der Waals surface area (Å²) in [6.45, 7) is 1.38. The SMILES string of the molecule is COc1ccc(C(=O)NC[C@H](c2ccccc2)N(C)C)cc1S(=O)(=O)N1CCCC1. The van der Waals surface area contributed by atoms with Crippen molar-refractivity contribution in [3.63, 3.8) is 0 Å². The zero-order valence-electron chi connectivity index (χ0n) is 17.7. The van der Waals surface area contributed by atoms with Gasteiger partial charge in [-0.2, -0.15) is 4.31 Å². The van der Waals surface area contributed by atoms with Crippen molar-refractivity contribution in [1.29, 1.82) is 0 Å². The summed E-state index contributed by atoms with van der Waals surface area (Å²) in [6, 6.07) is 14.5. The Labute approximate surface area is 178 Å². The predicted octanol–water partition coefficient (Wildman–Crippen LogP) is 2.51. The maximum absolute atomic E-state index is 13.0. The Morgan fingerprint density at radius 2 is 1.80 bits per heavy atom. The van der Waals surface area contributed by atoms with Gasteiger partial charge in [0.1, 0.15) is 10.6 Å². The topological polar surface area (TPSA) is 79.0 Å². The minimum atomic E-state index is -3.71. The highest BCUT2D eigenvalue weighted by atomic mass is 32.2. The van der Waals surface area contributed by atoms with E-state index in [1.165, 1.54) is 17.5 Å². The van der Waals surface area contributed by atoms with E-state index in [0.29, 0.717) is 25.2 Å². The van der Waals surface area contributed by atoms with E-state index in [0.717, 1.165) is 18.4 Å². The maximum Gasteiger partial charge on any atom is 0.251 e. The first-order valence-corrected chi connectivity index (χ1v) is 11.5. The highest BCUT2D eigenvalue weighted by molar-refractivity contribution is 7.89. The third-order valence-corrected chi connectivity index (χ3v) is 7.29. The maximum atomic E-state index is 13.0. The molecule has 30 heavy (non-hydrogen) atoms. The molecule has 0 aliphatic carbocycles. The molecular formula is C22H29N3O4S. The lowest BCUT2D eigenvalue weighted by Crippen LogP contribution is -2.34. The average molecular weight is 432 g/mol. The van der Waals surface area contributed by atoms with Crippen LogP contribution < -0.4 is 10.1 Å². The van der Waals surface area contributed by atoms with E-state index in [1.807, 2.05) is 49.3 Å². The third kappa shape index (κ3) is 4.83. The van der Waals surface area contributed by atoms with Crippen LogP contribution in [0.25, 0.3) is 0 Å². The Morgan fingerprint density at radius 1 is 1.13 bits per heavy atom. The number of rotatable bonds is 8. The van der Waals surface area contributed by atoms with Crippen LogP contribution in [0.5, 0.6) is 5.75 Å². The molecule has 2 aromatic rings. The first kappa shape index (κ1) is 22.3. The quantitative estimate of drug-likeness (QED) is 0.695. The normalized spacial score (nSPS) is 15.9. The molecule has 0 unspecified atom stereocenters. The monoisotopic (exact) mass is 431 g/mol. The minimum absolute atomic E-state index is 0.00111. The molecule has 0 radical (unpaired) electrons. The highest BCUT2D eigenvalue weighted by Crippen LogP contribution is 2.30. The van der Waals surface area contributed by atoms with Crippen LogP contribution in [0.2, 0.25) is 0 Å². The molecule has 0 bridgehead atoms. The van der Waals surface area contributed by atoms with Crippen molar-refractivity contribution in [2.45, 2.75) is 23.8 Å². The molecule has 1 amide bonds. The number of sulfonamides is 1. The van der Waals surface area contributed by atoms with Crippen molar-refractivity contribution >= 4 is 15.9 Å². The second-order valence-electron chi connectivity index (χ2n) is 7.58. The third-order valence-electron chi connectivity index (χ3n) is 5.37. The van der Waals surface area contributed by atoms with Crippen LogP contribution in [-0.4, -0.2) is 64.4 Å². The van der Waals surface area contributed by atoms with Gasteiger partial charge in [0, 0.05) is 25.2 Å². The fourth-order valence-corrected chi connectivity index (χ4v) is 5.35. The zero-order valence-corrected chi connectivity index (χ0v) is 18.5. The number of likely N-dealkylation sites (N-methyl/N-ethyl adjacent to an activating group) is 1. The molecule has 0 saturated carbocycles. The lowest BCUT2D eigenvalue weighted by atomic mass is 10.1. The molecule has 8 heteroatoms. The number of hydrogen-bond acceptors (Lipinski definition) is 5. The lowest BCUT2D eigenvalue weighted by molar-refractivity contribution is 0.0941. The van der Waals surface area contributed by atoms with Crippen LogP contribution in [0, 0.1) is 0 Å². The second kappa shape index (κ2) is 9.59. The van der Waals surface area contributed by atoms with Crippen molar-refractivity contribution < 1.29 is 17.9 Å². The molecule has 2 aromatic carbocycles. The van der Waals surface area contributed by atoms with Gasteiger partial charge in [0.15, 0.2) is 0 Å². The van der Waals surface area contributed by atoms with Gasteiger partial charge in [-0.3, -0.25) is 4.79 Å². The smallest absolute Gasteiger partial charge is 0.251 e. The molecule has 1 atom stereocenters. The Hall–Kier alpha value is -2.42. The molecule has 1 N–H and O–H groups in total. The average Bonchev–Trinajstić information content (AvgIpc) is 3.29. The lowest BCUT2D eigenvalue weighted by Gasteiger charge is -2.25. The van der Waals surface area contributed by atoms with Gasteiger partial charge in [-0.05, 0) is 50.7 Å². The highest BCUT2D eigenvalue weighted by Gasteiger charge is 2.30. The fourth-order valence-electron chi connectivity index (χ4n) is 3.65. The van der Waals surface area contributed by atoms with E-state index in [1.54, 1.807) is 12.1 Å². The number of amides is 1. The van der Waals surface area contributed by atoms with Gasteiger partial charge in [-0.1, -0.05) is 30.3 Å². The van der Waals surface area contributed by atoms with Gasteiger partial charge < -0.3 is 15.0 Å². The van der Waals surface area contributed by atoms with Crippen LogP contribution in [-0.2, 0) is 10.0 Å². The Bertz CT molecular complexity index is 971. The van der Waals surface area contributed by atoms with E-state index in [2.05, 4.69) is 5.32 Å². The van der Waals surface area contributed by atoms with Crippen LogP contribution in [0.3, 0.4) is 0 Å². The predicted molar refractivity (Wildman–Crippen MR) is 116 cm³/mol. The van der Waals surface area contributed by atoms with Crippen LogP contribution >= 0.6 is 0 Å². The molecular weight excluding hydrogens is 402 g/mol. The van der Waals surface area contributed by atoms with Crippen LogP contribution in [0.15, 0.2) is 53.4 Å². The van der Waals surface area contributed by atoms with E-state index < -0.39 is 10.0 Å². The zero-order chi connectivity index (χ0) is 21.7. The molecule has 3 rings (SSSR count). The summed E-state index contributed by atoms with van der Waals surface area (Å²) in [4.78, 5) is 14.9. The van der Waals surface area contributed by atoms with E-state index in [-0.39, 0.29) is 22.6 Å². The number of methoxy groups -OCH3 is 1. The number of nitrogens with one attached hydrogen (secondary N) is 1. The molecule has 7 nitrogen and oxygen atoms in total. The number of benzene rings is 2. The van der Waals surface area contributed by atoms with Crippen molar-refractivity contribution in [3.05, 3.63) is 59.7 Å². The summed E-state index contributed by atoms with van der Waals surface area (Å²) in [6.07, 6.45) is 1.68. The summed E-state index contributed by atoms with van der Waals surface area (Å²) in [5, 5.41) is 2.93. The molecule has 1 aliphatic rings. The van der Waals surface area contributed by atoms with Crippen LogP contribution in [0.4, 0.5) is 0 Å². The summed E-state index contributed by atoms with van der Waals surface area (Å²) >= 11 is 0. The van der Waals surface area contributed by atoms with E-state index >= 15 is 0 Å². The number of nitrogens with zero attached hydrogens (tertiary/aromatic N) is 2. The Balaban J connectivity index is 1.81. The summed E-state index contributed by atoms with van der Waals surface area (Å²) in [5.41, 5.74) is 1.38. The number of carbonyl (C=O) groups is 1. The molecule has 0 spiro atoms. The van der Waals surface area contributed by atoms with Gasteiger partial charge in [0.25, 0.3) is 5.91 Å². The Kier molecular flexibility index (Phi) is 7.12. The number of carbonyl (C=O) groups excluding carboxylic acids is 1. The van der Waals surface area contributed by atoms with Crippen molar-refractivity contribution in [1.82, 2.24) is 14.5 Å². The van der Waals surface area contributed by atoms with Gasteiger partial charge in [0.2, 0.25) is 10.0 Å². The number of ether oxygens (including phenoxy) is 1. The molecule has 1 saturated heterocycles. The molecule has 1 aliphatic heterocycles. The first-order chi connectivity index (χ1) is 14.3. The van der Waals surface area contributed by atoms with E-state index in [9.17, 15) is 13.2 Å². The Morgan fingerprint density at radius 3 is 2.40 bits per heavy atom. The molecule has 0 aromatic heterocycles. The fraction of sp³-hybridized carbons (Fsp3) is 0.409. The van der Waals surface area contributed by atoms with Crippen molar-refractivity contribution in [2.24, 2.45) is 0 Å². The molecule has 1 heterocycles. The summed E-state index contributed by atoms with van der Waals surface area (Å²) in [7, 11) is 1.64. The molecule has 162 valence electrons. The standard InChI is InChI=1S/C22H29N3O4S/c1-24(2)19(17-9-5-4-6-10-17)16-23-22(26)18-11-12-20(29-3)21(15-18)30(27,28)25-13-7-8-14-25/h4-6,9-12,15,19H,7-8,13-14,16H2,1-3H3,(H,23,26)/t19-/m1/s1. The van der Waals surface area contributed by atoms with Crippen molar-refractivity contribution in [3.8, 4) is 5.75 Å². The number of hydrogen-bond donors (Lipinski definition) is 1. The van der Waals surface area contributed by atoms with Gasteiger partial charge in [-0.15, -0.1) is 0 Å². The molecule has 1 fully saturated rings. The summed E-state index contributed by atoms with van der Waals surface area (Å²) < 4.78 is 32.8. The van der Waals surface area contributed by atoms with Gasteiger partial charge >= 0.3 is 0 Å². The summed E-state index contributed by atoms with van der Waals surface area (Å²) in [5.74, 6) is -0.0767. The van der Waals surface area contributed by atoms with Crippen molar-refractivity contribution in [2.75, 3.05) is 40.8 Å². The second-order valence-corrected chi connectivity index (χ2v) is 9.48. The van der Waals surface area contributed by atoms with E-state index in [4.69, 9.17) is 4.74 Å².